The van der Waals surface area contributed by atoms with Crippen molar-refractivity contribution in [1.82, 2.24) is 10.4 Å². The highest BCUT2D eigenvalue weighted by atomic mass is 16.5. The molecule has 1 N–H and O–H groups in total. The average Bonchev–Trinajstić information content (AvgIpc) is 2.28. The van der Waals surface area contributed by atoms with E-state index in [-0.39, 0.29) is 0 Å². The predicted octanol–water partition coefficient (Wildman–Crippen LogP) is 1.14. The number of benzene rings is 1. The quantitative estimate of drug-likeness (QED) is 0.815. The minimum atomic E-state index is -1.24. The Kier molecular flexibility index (Phi) is 4.55. The zero-order valence-corrected chi connectivity index (χ0v) is 11.2. The zero-order valence-electron chi connectivity index (χ0n) is 11.2. The first-order valence-electron chi connectivity index (χ1n) is 5.72. The fraction of sp³-hybridized carbons (Fsp3) is 0.462. The van der Waals surface area contributed by atoms with E-state index in [9.17, 15) is 9.90 Å². The molecule has 1 rings (SSSR count). The van der Waals surface area contributed by atoms with E-state index in [0.29, 0.717) is 6.54 Å². The lowest BCUT2D eigenvalue weighted by atomic mass is 10.1. The molecule has 0 unspecified atom stereocenters. The molecule has 0 saturated carbocycles. The molecule has 100 valence electrons. The maximum absolute atomic E-state index is 11.0. The maximum atomic E-state index is 11.0. The van der Waals surface area contributed by atoms with Crippen molar-refractivity contribution < 1.29 is 14.6 Å². The fourth-order valence-corrected chi connectivity index (χ4v) is 1.49. The number of ether oxygens (including phenoxy) is 1. The lowest BCUT2D eigenvalue weighted by Crippen LogP contribution is -2.58. The van der Waals surface area contributed by atoms with E-state index in [1.807, 2.05) is 24.3 Å². The van der Waals surface area contributed by atoms with Gasteiger partial charge in [0.25, 0.3) is 0 Å². The number of hydrazine groups is 1. The van der Waals surface area contributed by atoms with Crippen molar-refractivity contribution in [3.8, 4) is 5.75 Å². The topological polar surface area (TPSA) is 64.6 Å². The molecule has 0 aliphatic heterocycles. The number of nitrogens with zero attached hydrogens (tertiary/aromatic N) is 1. The van der Waals surface area contributed by atoms with Gasteiger partial charge < -0.3 is 14.6 Å². The fourth-order valence-electron chi connectivity index (χ4n) is 1.49. The number of amides is 1. The van der Waals surface area contributed by atoms with Crippen LogP contribution >= 0.6 is 0 Å². The number of carbonyl (C=O) groups excluding carboxylic acids is 1. The lowest BCUT2D eigenvalue weighted by molar-refractivity contribution is -0.275. The van der Waals surface area contributed by atoms with Gasteiger partial charge in [0.05, 0.1) is 7.11 Å². The van der Waals surface area contributed by atoms with E-state index in [4.69, 9.17) is 4.74 Å². The number of hydrogen-bond donors (Lipinski definition) is 1. The van der Waals surface area contributed by atoms with Gasteiger partial charge in [-0.25, -0.2) is 5.43 Å². The van der Waals surface area contributed by atoms with E-state index in [1.165, 1.54) is 0 Å². The Bertz CT molecular complexity index is 396. The Balaban J connectivity index is 2.64. The first-order valence-corrected chi connectivity index (χ1v) is 5.72. The highest BCUT2D eigenvalue weighted by Gasteiger charge is 2.20. The lowest BCUT2D eigenvalue weighted by Gasteiger charge is -2.37. The number of methoxy groups -OCH3 is 1. The molecule has 0 heterocycles. The van der Waals surface area contributed by atoms with Crippen LogP contribution in [0.25, 0.3) is 0 Å². The molecule has 5 nitrogen and oxygen atoms in total. The van der Waals surface area contributed by atoms with Gasteiger partial charge in [0, 0.05) is 12.1 Å². The van der Waals surface area contributed by atoms with Gasteiger partial charge in [-0.3, -0.25) is 5.01 Å². The molecular formula is C13H19N2O3-. The number of nitrogens with one attached hydrogen (secondary N) is 1. The van der Waals surface area contributed by atoms with Crippen LogP contribution in [0.4, 0.5) is 4.79 Å². The van der Waals surface area contributed by atoms with E-state index in [2.05, 4.69) is 5.43 Å². The monoisotopic (exact) mass is 251 g/mol. The predicted molar refractivity (Wildman–Crippen MR) is 66.8 cm³/mol. The summed E-state index contributed by atoms with van der Waals surface area (Å²) in [5.74, 6) is 0.770. The highest BCUT2D eigenvalue weighted by Crippen LogP contribution is 2.13. The van der Waals surface area contributed by atoms with E-state index in [1.54, 1.807) is 27.9 Å². The molecule has 0 spiro atoms. The van der Waals surface area contributed by atoms with Crippen LogP contribution in [0, 0.1) is 0 Å². The molecule has 0 fully saturated rings. The van der Waals surface area contributed by atoms with Crippen molar-refractivity contribution in [2.24, 2.45) is 0 Å². The Labute approximate surface area is 107 Å². The number of carbonyl (C=O) groups is 1. The van der Waals surface area contributed by atoms with Crippen molar-refractivity contribution >= 4 is 6.09 Å². The van der Waals surface area contributed by atoms with Crippen molar-refractivity contribution in [3.63, 3.8) is 0 Å². The molecule has 0 aliphatic rings. The molecule has 5 heteroatoms. The second kappa shape index (κ2) is 5.73. The number of rotatable bonds is 4. The Hall–Kier alpha value is -1.75. The second-order valence-electron chi connectivity index (χ2n) is 4.96. The van der Waals surface area contributed by atoms with Crippen molar-refractivity contribution in [2.75, 3.05) is 7.11 Å². The third kappa shape index (κ3) is 3.92. The van der Waals surface area contributed by atoms with Crippen LogP contribution in [0.5, 0.6) is 5.75 Å². The normalized spacial score (nSPS) is 11.1. The Morgan fingerprint density at radius 1 is 1.33 bits per heavy atom. The molecule has 0 bridgehead atoms. The molecule has 18 heavy (non-hydrogen) atoms. The summed E-state index contributed by atoms with van der Waals surface area (Å²) in [4.78, 5) is 11.0. The van der Waals surface area contributed by atoms with Gasteiger partial charge in [-0.1, -0.05) is 12.1 Å². The van der Waals surface area contributed by atoms with E-state index >= 15 is 0 Å². The van der Waals surface area contributed by atoms with Gasteiger partial charge in [0.15, 0.2) is 6.09 Å². The van der Waals surface area contributed by atoms with Gasteiger partial charge in [-0.05, 0) is 38.5 Å². The summed E-state index contributed by atoms with van der Waals surface area (Å²) < 4.78 is 5.05. The van der Waals surface area contributed by atoms with Crippen molar-refractivity contribution in [2.45, 2.75) is 32.9 Å². The summed E-state index contributed by atoms with van der Waals surface area (Å²) in [6, 6.07) is 7.42. The summed E-state index contributed by atoms with van der Waals surface area (Å²) in [5, 5.41) is 12.1. The highest BCUT2D eigenvalue weighted by molar-refractivity contribution is 5.62. The van der Waals surface area contributed by atoms with Crippen LogP contribution in [-0.2, 0) is 6.54 Å². The van der Waals surface area contributed by atoms with Crippen LogP contribution in [0.1, 0.15) is 26.3 Å². The molecule has 0 radical (unpaired) electrons. The zero-order chi connectivity index (χ0) is 13.8. The molecule has 0 aliphatic carbocycles. The first-order chi connectivity index (χ1) is 8.34. The SMILES string of the molecule is COc1ccc(CNN(C(=O)[O-])C(C)(C)C)cc1. The van der Waals surface area contributed by atoms with Crippen LogP contribution in [0.3, 0.4) is 0 Å². The summed E-state index contributed by atoms with van der Waals surface area (Å²) in [6.07, 6.45) is -1.24. The largest absolute Gasteiger partial charge is 0.529 e. The van der Waals surface area contributed by atoms with Gasteiger partial charge in [-0.2, -0.15) is 0 Å². The standard InChI is InChI=1S/C13H20N2O3/c1-13(2,3)15(12(16)17)14-9-10-5-7-11(18-4)8-6-10/h5-8,14H,9H2,1-4H3,(H,16,17)/p-1. The van der Waals surface area contributed by atoms with Gasteiger partial charge >= 0.3 is 0 Å². The van der Waals surface area contributed by atoms with E-state index in [0.717, 1.165) is 16.3 Å². The second-order valence-corrected chi connectivity index (χ2v) is 4.96. The summed E-state index contributed by atoms with van der Waals surface area (Å²) in [6.45, 7) is 5.80. The third-order valence-electron chi connectivity index (χ3n) is 2.45. The minimum absolute atomic E-state index is 0.412. The minimum Gasteiger partial charge on any atom is -0.529 e. The van der Waals surface area contributed by atoms with Crippen molar-refractivity contribution in [3.05, 3.63) is 29.8 Å². The van der Waals surface area contributed by atoms with Crippen molar-refractivity contribution in [1.29, 1.82) is 0 Å². The number of hydrogen-bond acceptors (Lipinski definition) is 4. The first kappa shape index (κ1) is 14.3. The third-order valence-corrected chi connectivity index (χ3v) is 2.45. The van der Waals surface area contributed by atoms with Crippen LogP contribution in [-0.4, -0.2) is 23.8 Å². The molecule has 0 atom stereocenters. The van der Waals surface area contributed by atoms with E-state index < -0.39 is 11.6 Å². The average molecular weight is 251 g/mol. The molecule has 1 amide bonds. The maximum Gasteiger partial charge on any atom is 0.152 e. The Morgan fingerprint density at radius 3 is 2.28 bits per heavy atom. The summed E-state index contributed by atoms with van der Waals surface area (Å²) in [5.41, 5.74) is 3.26. The Morgan fingerprint density at radius 2 is 1.89 bits per heavy atom. The molecule has 1 aromatic rings. The van der Waals surface area contributed by atoms with Crippen LogP contribution in [0.2, 0.25) is 0 Å². The van der Waals surface area contributed by atoms with Crippen LogP contribution in [0.15, 0.2) is 24.3 Å². The summed E-state index contributed by atoms with van der Waals surface area (Å²) >= 11 is 0. The van der Waals surface area contributed by atoms with Gasteiger partial charge in [-0.15, -0.1) is 0 Å². The smallest absolute Gasteiger partial charge is 0.152 e. The molecule has 1 aromatic carbocycles. The van der Waals surface area contributed by atoms with Crippen LogP contribution < -0.4 is 15.3 Å². The summed E-state index contributed by atoms with van der Waals surface area (Å²) in [7, 11) is 1.60. The van der Waals surface area contributed by atoms with Gasteiger partial charge in [0.1, 0.15) is 5.75 Å². The number of carboxylic acid groups (broad SMARTS) is 1. The molecule has 0 saturated heterocycles. The van der Waals surface area contributed by atoms with Gasteiger partial charge in [0.2, 0.25) is 0 Å². The molecule has 0 aromatic heterocycles. The molecular weight excluding hydrogens is 232 g/mol.